The zero-order valence-electron chi connectivity index (χ0n) is 17.8. The first-order valence-electron chi connectivity index (χ1n) is 10.7. The van der Waals surface area contributed by atoms with Gasteiger partial charge in [-0.15, -0.1) is 0 Å². The van der Waals surface area contributed by atoms with Gasteiger partial charge in [-0.3, -0.25) is 4.98 Å². The number of nitrogens with zero attached hydrogens (tertiary/aromatic N) is 2. The van der Waals surface area contributed by atoms with E-state index in [0.717, 1.165) is 18.5 Å². The van der Waals surface area contributed by atoms with Crippen molar-refractivity contribution in [3.05, 3.63) is 84.2 Å². The van der Waals surface area contributed by atoms with Crippen molar-refractivity contribution >= 4 is 11.7 Å². The minimum Gasteiger partial charge on any atom is -0.508 e. The van der Waals surface area contributed by atoms with Crippen molar-refractivity contribution in [3.63, 3.8) is 0 Å². The molecule has 4 rings (SSSR count). The van der Waals surface area contributed by atoms with Crippen LogP contribution in [0.2, 0.25) is 0 Å². The summed E-state index contributed by atoms with van der Waals surface area (Å²) in [6.07, 6.45) is 3.63. The highest BCUT2D eigenvalue weighted by Gasteiger charge is 2.23. The Hall–Kier alpha value is -3.58. The number of carbonyl (C=O) groups excluding carboxylic acids is 1. The summed E-state index contributed by atoms with van der Waals surface area (Å²) in [5, 5.41) is 13.1. The van der Waals surface area contributed by atoms with Crippen LogP contribution in [0.15, 0.2) is 72.9 Å². The van der Waals surface area contributed by atoms with Gasteiger partial charge >= 0.3 is 6.03 Å². The van der Waals surface area contributed by atoms with E-state index < -0.39 is 0 Å². The Balaban J connectivity index is 1.43. The maximum absolute atomic E-state index is 13.1. The molecule has 32 heavy (non-hydrogen) atoms. The Kier molecular flexibility index (Phi) is 7.19. The highest BCUT2D eigenvalue weighted by Crippen LogP contribution is 2.22. The van der Waals surface area contributed by atoms with Crippen LogP contribution in [0.1, 0.15) is 24.1 Å². The molecule has 2 aromatic carbocycles. The molecule has 1 fully saturated rings. The summed E-state index contributed by atoms with van der Waals surface area (Å²) in [6, 6.07) is 19.7. The fourth-order valence-electron chi connectivity index (χ4n) is 3.61. The molecule has 166 valence electrons. The third-order valence-corrected chi connectivity index (χ3v) is 5.29. The number of aromatic nitrogens is 1. The number of carbonyl (C=O) groups is 1. The number of anilines is 1. The molecule has 2 amide bonds. The SMILES string of the molecule is O=C(Nc1cccc(OCc2ccccn2)c1)N(Cc1ccccc1O)C[C@H]1CCCO1. The van der Waals surface area contributed by atoms with Crippen LogP contribution >= 0.6 is 0 Å². The van der Waals surface area contributed by atoms with Gasteiger partial charge in [0.25, 0.3) is 0 Å². The molecule has 1 aliphatic rings. The summed E-state index contributed by atoms with van der Waals surface area (Å²) in [5.74, 6) is 0.808. The molecule has 7 heteroatoms. The van der Waals surface area contributed by atoms with Gasteiger partial charge < -0.3 is 24.8 Å². The molecule has 0 radical (unpaired) electrons. The van der Waals surface area contributed by atoms with Crippen LogP contribution in [0, 0.1) is 0 Å². The van der Waals surface area contributed by atoms with Crippen LogP contribution in [-0.2, 0) is 17.9 Å². The smallest absolute Gasteiger partial charge is 0.322 e. The first-order valence-corrected chi connectivity index (χ1v) is 10.7. The molecule has 3 aromatic rings. The largest absolute Gasteiger partial charge is 0.508 e. The van der Waals surface area contributed by atoms with Gasteiger partial charge in [-0.1, -0.05) is 30.3 Å². The van der Waals surface area contributed by atoms with E-state index in [0.29, 0.717) is 36.8 Å². The summed E-state index contributed by atoms with van der Waals surface area (Å²) in [7, 11) is 0. The Morgan fingerprint density at radius 3 is 2.81 bits per heavy atom. The number of aromatic hydroxyl groups is 1. The lowest BCUT2D eigenvalue weighted by Crippen LogP contribution is -2.39. The lowest BCUT2D eigenvalue weighted by molar-refractivity contribution is 0.0817. The van der Waals surface area contributed by atoms with Crippen molar-refractivity contribution in [3.8, 4) is 11.5 Å². The number of urea groups is 1. The van der Waals surface area contributed by atoms with Crippen molar-refractivity contribution in [2.24, 2.45) is 0 Å². The number of ether oxygens (including phenoxy) is 2. The Morgan fingerprint density at radius 1 is 1.16 bits per heavy atom. The molecule has 0 aliphatic carbocycles. The predicted molar refractivity (Wildman–Crippen MR) is 122 cm³/mol. The number of benzene rings is 2. The molecule has 2 heterocycles. The summed E-state index contributed by atoms with van der Waals surface area (Å²) >= 11 is 0. The van der Waals surface area contributed by atoms with Gasteiger partial charge in [0.05, 0.1) is 18.3 Å². The second-order valence-corrected chi connectivity index (χ2v) is 7.71. The standard InChI is InChI=1S/C25H27N3O4/c29-24-12-2-1-7-19(24)16-28(17-23-11-6-14-31-23)25(30)27-20-9-5-10-22(15-20)32-18-21-8-3-4-13-26-21/h1-5,7-10,12-13,15,23,29H,6,11,14,16-18H2,(H,27,30)/t23-/m1/s1. The lowest BCUT2D eigenvalue weighted by Gasteiger charge is -2.26. The fraction of sp³-hybridized carbons (Fsp3) is 0.280. The number of phenols is 1. The average molecular weight is 434 g/mol. The van der Waals surface area contributed by atoms with Crippen LogP contribution < -0.4 is 10.1 Å². The maximum atomic E-state index is 13.1. The molecular weight excluding hydrogens is 406 g/mol. The van der Waals surface area contributed by atoms with E-state index in [1.165, 1.54) is 0 Å². The Morgan fingerprint density at radius 2 is 2.03 bits per heavy atom. The normalized spacial score (nSPS) is 15.3. The third-order valence-electron chi connectivity index (χ3n) is 5.29. The number of amides is 2. The van der Waals surface area contributed by atoms with E-state index in [2.05, 4.69) is 10.3 Å². The van der Waals surface area contributed by atoms with E-state index in [9.17, 15) is 9.90 Å². The number of para-hydroxylation sites is 1. The van der Waals surface area contributed by atoms with Crippen LogP contribution in [0.4, 0.5) is 10.5 Å². The van der Waals surface area contributed by atoms with Crippen molar-refractivity contribution in [1.29, 1.82) is 0 Å². The maximum Gasteiger partial charge on any atom is 0.322 e. The summed E-state index contributed by atoms with van der Waals surface area (Å²) in [6.45, 7) is 1.80. The molecule has 1 aliphatic heterocycles. The third kappa shape index (κ3) is 5.98. The molecule has 1 aromatic heterocycles. The van der Waals surface area contributed by atoms with Gasteiger partial charge in [-0.2, -0.15) is 0 Å². The monoisotopic (exact) mass is 433 g/mol. The Bertz CT molecular complexity index is 1020. The van der Waals surface area contributed by atoms with Gasteiger partial charge in [0.1, 0.15) is 18.1 Å². The fourth-order valence-corrected chi connectivity index (χ4v) is 3.61. The van der Waals surface area contributed by atoms with E-state index in [4.69, 9.17) is 9.47 Å². The molecule has 2 N–H and O–H groups in total. The lowest BCUT2D eigenvalue weighted by atomic mass is 10.1. The van der Waals surface area contributed by atoms with Gasteiger partial charge in [-0.25, -0.2) is 4.79 Å². The van der Waals surface area contributed by atoms with Crippen LogP contribution in [0.25, 0.3) is 0 Å². The number of hydrogen-bond donors (Lipinski definition) is 2. The molecule has 7 nitrogen and oxygen atoms in total. The molecule has 0 bridgehead atoms. The number of rotatable bonds is 8. The van der Waals surface area contributed by atoms with Gasteiger partial charge in [0.15, 0.2) is 0 Å². The van der Waals surface area contributed by atoms with Crippen LogP contribution in [0.5, 0.6) is 11.5 Å². The van der Waals surface area contributed by atoms with Gasteiger partial charge in [-0.05, 0) is 43.2 Å². The number of hydrogen-bond acceptors (Lipinski definition) is 5. The topological polar surface area (TPSA) is 83.9 Å². The van der Waals surface area contributed by atoms with E-state index in [1.807, 2.05) is 48.5 Å². The van der Waals surface area contributed by atoms with Gasteiger partial charge in [0, 0.05) is 36.7 Å². The molecule has 1 saturated heterocycles. The van der Waals surface area contributed by atoms with Crippen molar-refractivity contribution in [1.82, 2.24) is 9.88 Å². The summed E-state index contributed by atoms with van der Waals surface area (Å²) < 4.78 is 11.5. The summed E-state index contributed by atoms with van der Waals surface area (Å²) in [5.41, 5.74) is 2.14. The number of nitrogens with one attached hydrogen (secondary N) is 1. The van der Waals surface area contributed by atoms with Gasteiger partial charge in [0.2, 0.25) is 0 Å². The van der Waals surface area contributed by atoms with E-state index in [-0.39, 0.29) is 24.4 Å². The van der Waals surface area contributed by atoms with Crippen LogP contribution in [0.3, 0.4) is 0 Å². The predicted octanol–water partition coefficient (Wildman–Crippen LogP) is 4.58. The molecule has 0 spiro atoms. The first-order chi connectivity index (χ1) is 15.7. The quantitative estimate of drug-likeness (QED) is 0.543. The highest BCUT2D eigenvalue weighted by atomic mass is 16.5. The average Bonchev–Trinajstić information content (AvgIpc) is 3.33. The zero-order valence-corrected chi connectivity index (χ0v) is 17.8. The van der Waals surface area contributed by atoms with Crippen molar-refractivity contribution < 1.29 is 19.4 Å². The van der Waals surface area contributed by atoms with Crippen molar-refractivity contribution in [2.75, 3.05) is 18.5 Å². The minimum atomic E-state index is -0.259. The van der Waals surface area contributed by atoms with Crippen molar-refractivity contribution in [2.45, 2.75) is 32.1 Å². The molecule has 0 unspecified atom stereocenters. The van der Waals surface area contributed by atoms with E-state index >= 15 is 0 Å². The van der Waals surface area contributed by atoms with E-state index in [1.54, 1.807) is 29.3 Å². The molecule has 0 saturated carbocycles. The number of pyridine rings is 1. The molecular formula is C25H27N3O4. The molecule has 1 atom stereocenters. The summed E-state index contributed by atoms with van der Waals surface area (Å²) in [4.78, 5) is 19.1. The number of phenolic OH excluding ortho intramolecular Hbond substituents is 1. The van der Waals surface area contributed by atoms with Crippen LogP contribution in [-0.4, -0.2) is 40.3 Å². The minimum absolute atomic E-state index is 0.000329. The first kappa shape index (κ1) is 21.6. The zero-order chi connectivity index (χ0) is 22.2. The Labute approximate surface area is 187 Å². The second-order valence-electron chi connectivity index (χ2n) is 7.71. The second kappa shape index (κ2) is 10.6. The highest BCUT2D eigenvalue weighted by molar-refractivity contribution is 5.89.